The number of ether oxygens (including phenoxy) is 1. The molecule has 0 heterocycles. The Labute approximate surface area is 235 Å². The lowest BCUT2D eigenvalue weighted by Crippen LogP contribution is -2.52. The lowest BCUT2D eigenvalue weighted by atomic mass is 10.1. The van der Waals surface area contributed by atoms with Crippen LogP contribution in [0.4, 0.5) is 5.69 Å². The normalized spacial score (nSPS) is 12.7. The molecule has 8 nitrogen and oxygen atoms in total. The first-order chi connectivity index (χ1) is 18.6. The number of carbonyl (C=O) groups is 2. The predicted molar refractivity (Wildman–Crippen MR) is 153 cm³/mol. The van der Waals surface area contributed by atoms with Crippen LogP contribution in [-0.2, 0) is 26.2 Å². The summed E-state index contributed by atoms with van der Waals surface area (Å²) in [5.41, 5.74) is 0.955. The van der Waals surface area contributed by atoms with Crippen LogP contribution in [0.5, 0.6) is 5.75 Å². The Morgan fingerprint density at radius 1 is 0.949 bits per heavy atom. The maximum Gasteiger partial charge on any atom is 0.264 e. The van der Waals surface area contributed by atoms with E-state index in [2.05, 4.69) is 5.32 Å². The van der Waals surface area contributed by atoms with Crippen LogP contribution >= 0.6 is 11.6 Å². The summed E-state index contributed by atoms with van der Waals surface area (Å²) >= 11 is 6.39. The van der Waals surface area contributed by atoms with Gasteiger partial charge in [0.2, 0.25) is 11.8 Å². The highest BCUT2D eigenvalue weighted by molar-refractivity contribution is 7.92. The summed E-state index contributed by atoms with van der Waals surface area (Å²) in [5, 5.41) is 3.35. The molecule has 2 atom stereocenters. The summed E-state index contributed by atoms with van der Waals surface area (Å²) in [4.78, 5) is 28.3. The second-order valence-corrected chi connectivity index (χ2v) is 11.4. The molecule has 2 amide bonds. The number of methoxy groups -OCH3 is 1. The Hall–Kier alpha value is -3.56. The maximum atomic E-state index is 13.9. The van der Waals surface area contributed by atoms with Gasteiger partial charge in [0.25, 0.3) is 10.0 Å². The van der Waals surface area contributed by atoms with Crippen LogP contribution in [0.2, 0.25) is 5.02 Å². The fourth-order valence-electron chi connectivity index (χ4n) is 3.86. The van der Waals surface area contributed by atoms with E-state index in [4.69, 9.17) is 16.3 Å². The topological polar surface area (TPSA) is 96.0 Å². The average molecular weight is 572 g/mol. The van der Waals surface area contributed by atoms with Gasteiger partial charge in [-0.2, -0.15) is 0 Å². The molecule has 0 radical (unpaired) electrons. The van der Waals surface area contributed by atoms with E-state index in [1.54, 1.807) is 73.7 Å². The van der Waals surface area contributed by atoms with Crippen LogP contribution in [0.1, 0.15) is 32.8 Å². The second kappa shape index (κ2) is 13.5. The summed E-state index contributed by atoms with van der Waals surface area (Å²) in [5.74, 6) is -0.389. The molecular formula is C29H34ClN3O5S. The van der Waals surface area contributed by atoms with Crippen molar-refractivity contribution >= 4 is 39.1 Å². The van der Waals surface area contributed by atoms with Gasteiger partial charge in [-0.05, 0) is 68.3 Å². The minimum atomic E-state index is -4.15. The van der Waals surface area contributed by atoms with E-state index in [9.17, 15) is 18.0 Å². The van der Waals surface area contributed by atoms with Crippen molar-refractivity contribution in [2.24, 2.45) is 0 Å². The van der Waals surface area contributed by atoms with E-state index in [1.807, 2.05) is 13.8 Å². The first kappa shape index (κ1) is 30.0. The number of sulfonamides is 1. The number of hydrogen-bond donors (Lipinski definition) is 1. The van der Waals surface area contributed by atoms with Crippen molar-refractivity contribution < 1.29 is 22.7 Å². The van der Waals surface area contributed by atoms with Crippen molar-refractivity contribution in [2.45, 2.75) is 50.7 Å². The smallest absolute Gasteiger partial charge is 0.264 e. The highest BCUT2D eigenvalue weighted by atomic mass is 35.5. The molecule has 0 spiro atoms. The van der Waals surface area contributed by atoms with Crippen LogP contribution in [0.3, 0.4) is 0 Å². The SMILES string of the molecule is CCC(C)NC(=O)C(C)N(Cc1ccccc1Cl)C(=O)CN(c1ccccc1)S(=O)(=O)c1ccc(OC)cc1. The van der Waals surface area contributed by atoms with Gasteiger partial charge in [0, 0.05) is 17.6 Å². The van der Waals surface area contributed by atoms with Crippen molar-refractivity contribution in [3.8, 4) is 5.75 Å². The summed E-state index contributed by atoms with van der Waals surface area (Å²) in [7, 11) is -2.66. The Morgan fingerprint density at radius 2 is 1.56 bits per heavy atom. The number of nitrogens with one attached hydrogen (secondary N) is 1. The molecule has 3 aromatic carbocycles. The molecule has 0 aliphatic heterocycles. The molecule has 208 valence electrons. The zero-order chi connectivity index (χ0) is 28.6. The van der Waals surface area contributed by atoms with Gasteiger partial charge in [-0.3, -0.25) is 13.9 Å². The Morgan fingerprint density at radius 3 is 2.15 bits per heavy atom. The van der Waals surface area contributed by atoms with Gasteiger partial charge in [0.15, 0.2) is 0 Å². The minimum absolute atomic E-state index is 0.000156. The van der Waals surface area contributed by atoms with Crippen molar-refractivity contribution in [1.82, 2.24) is 10.2 Å². The molecule has 1 N–H and O–H groups in total. The largest absolute Gasteiger partial charge is 0.497 e. The predicted octanol–water partition coefficient (Wildman–Crippen LogP) is 4.88. The number of benzene rings is 3. The van der Waals surface area contributed by atoms with Gasteiger partial charge in [-0.25, -0.2) is 8.42 Å². The van der Waals surface area contributed by atoms with Crippen molar-refractivity contribution in [3.63, 3.8) is 0 Å². The van der Waals surface area contributed by atoms with Gasteiger partial charge in [-0.1, -0.05) is 54.9 Å². The molecule has 3 rings (SSSR count). The van der Waals surface area contributed by atoms with Crippen LogP contribution in [-0.4, -0.2) is 50.9 Å². The van der Waals surface area contributed by atoms with Crippen molar-refractivity contribution in [2.75, 3.05) is 18.0 Å². The Kier molecular flexibility index (Phi) is 10.4. The van der Waals surface area contributed by atoms with Crippen LogP contribution < -0.4 is 14.4 Å². The highest BCUT2D eigenvalue weighted by Crippen LogP contribution is 2.26. The highest BCUT2D eigenvalue weighted by Gasteiger charge is 2.33. The van der Waals surface area contributed by atoms with E-state index < -0.39 is 28.5 Å². The van der Waals surface area contributed by atoms with Crippen LogP contribution in [0.15, 0.2) is 83.8 Å². The van der Waals surface area contributed by atoms with Gasteiger partial charge in [0.1, 0.15) is 18.3 Å². The number of hydrogen-bond acceptors (Lipinski definition) is 5. The lowest BCUT2D eigenvalue weighted by molar-refractivity contribution is -0.139. The lowest BCUT2D eigenvalue weighted by Gasteiger charge is -2.32. The Bertz CT molecular complexity index is 1370. The zero-order valence-electron chi connectivity index (χ0n) is 22.5. The first-order valence-electron chi connectivity index (χ1n) is 12.6. The number of amides is 2. The summed E-state index contributed by atoms with van der Waals surface area (Å²) in [6.45, 7) is 4.95. The molecule has 0 aliphatic carbocycles. The van der Waals surface area contributed by atoms with Crippen LogP contribution in [0, 0.1) is 0 Å². The van der Waals surface area contributed by atoms with E-state index in [0.717, 1.165) is 10.7 Å². The quantitative estimate of drug-likeness (QED) is 0.334. The molecule has 2 unspecified atom stereocenters. The van der Waals surface area contributed by atoms with Crippen molar-refractivity contribution in [1.29, 1.82) is 0 Å². The molecular weight excluding hydrogens is 538 g/mol. The summed E-state index contributed by atoms with van der Waals surface area (Å²) in [6, 6.07) is 20.4. The van der Waals surface area contributed by atoms with E-state index in [-0.39, 0.29) is 23.4 Å². The minimum Gasteiger partial charge on any atom is -0.497 e. The fraction of sp³-hybridized carbons (Fsp3) is 0.310. The number of halogens is 1. The second-order valence-electron chi connectivity index (χ2n) is 9.13. The third-order valence-corrected chi connectivity index (χ3v) is 8.59. The monoisotopic (exact) mass is 571 g/mol. The fourth-order valence-corrected chi connectivity index (χ4v) is 5.47. The number of carbonyl (C=O) groups excluding carboxylic acids is 2. The molecule has 0 aromatic heterocycles. The molecule has 39 heavy (non-hydrogen) atoms. The molecule has 0 saturated carbocycles. The number of anilines is 1. The molecule has 3 aromatic rings. The zero-order valence-corrected chi connectivity index (χ0v) is 24.1. The van der Waals surface area contributed by atoms with E-state index in [0.29, 0.717) is 22.0 Å². The number of rotatable bonds is 12. The Balaban J connectivity index is 2.01. The van der Waals surface area contributed by atoms with Gasteiger partial charge < -0.3 is 15.0 Å². The summed E-state index contributed by atoms with van der Waals surface area (Å²) < 4.78 is 33.8. The standard InChI is InChI=1S/C29H34ClN3O5S/c1-5-21(2)31-29(35)22(3)32(19-23-11-9-10-14-27(23)30)28(34)20-33(24-12-7-6-8-13-24)39(36,37)26-17-15-25(38-4)16-18-26/h6-18,21-22H,5,19-20H2,1-4H3,(H,31,35). The number of para-hydroxylation sites is 1. The third-order valence-electron chi connectivity index (χ3n) is 6.44. The molecule has 0 bridgehead atoms. The van der Waals surface area contributed by atoms with E-state index >= 15 is 0 Å². The van der Waals surface area contributed by atoms with E-state index in [1.165, 1.54) is 24.1 Å². The van der Waals surface area contributed by atoms with Crippen molar-refractivity contribution in [3.05, 3.63) is 89.4 Å². The van der Waals surface area contributed by atoms with Crippen LogP contribution in [0.25, 0.3) is 0 Å². The molecule has 10 heteroatoms. The maximum absolute atomic E-state index is 13.9. The average Bonchev–Trinajstić information content (AvgIpc) is 2.95. The van der Waals surface area contributed by atoms with Gasteiger partial charge in [0.05, 0.1) is 17.7 Å². The first-order valence-corrected chi connectivity index (χ1v) is 14.4. The molecule has 0 fully saturated rings. The molecule has 0 saturated heterocycles. The van der Waals surface area contributed by atoms with Gasteiger partial charge in [-0.15, -0.1) is 0 Å². The summed E-state index contributed by atoms with van der Waals surface area (Å²) in [6.07, 6.45) is 0.721. The number of nitrogens with zero attached hydrogens (tertiary/aromatic N) is 2. The third kappa shape index (κ3) is 7.52. The molecule has 0 aliphatic rings. The van der Waals surface area contributed by atoms with Gasteiger partial charge >= 0.3 is 0 Å².